The summed E-state index contributed by atoms with van der Waals surface area (Å²) in [6, 6.07) is 23.7. The van der Waals surface area contributed by atoms with Crippen molar-refractivity contribution in [2.24, 2.45) is 0 Å². The van der Waals surface area contributed by atoms with Crippen molar-refractivity contribution in [2.45, 2.75) is 32.3 Å². The second-order valence-corrected chi connectivity index (χ2v) is 8.13. The van der Waals surface area contributed by atoms with Crippen LogP contribution in [-0.2, 0) is 25.5 Å². The number of amides is 2. The van der Waals surface area contributed by atoms with E-state index >= 15 is 0 Å². The lowest BCUT2D eigenvalue weighted by atomic mass is 10.1. The highest BCUT2D eigenvalue weighted by Gasteiger charge is 2.26. The van der Waals surface area contributed by atoms with Gasteiger partial charge in [-0.15, -0.1) is 0 Å². The maximum atomic E-state index is 13.0. The number of hydrogen-bond acceptors (Lipinski definition) is 4. The minimum absolute atomic E-state index is 0.0232. The third kappa shape index (κ3) is 5.66. The molecule has 1 atom stereocenters. The van der Waals surface area contributed by atoms with Crippen LogP contribution in [0.3, 0.4) is 0 Å². The Hall–Kier alpha value is -3.93. The monoisotopic (exact) mass is 442 g/mol. The number of anilines is 2. The molecule has 0 spiro atoms. The molecule has 0 bridgehead atoms. The predicted molar refractivity (Wildman–Crippen MR) is 127 cm³/mol. The molecule has 3 aromatic rings. The van der Waals surface area contributed by atoms with Crippen molar-refractivity contribution in [1.82, 2.24) is 0 Å². The highest BCUT2D eigenvalue weighted by Crippen LogP contribution is 2.24. The van der Waals surface area contributed by atoms with Crippen molar-refractivity contribution in [3.05, 3.63) is 95.6 Å². The van der Waals surface area contributed by atoms with Crippen molar-refractivity contribution < 1.29 is 19.1 Å². The van der Waals surface area contributed by atoms with Gasteiger partial charge in [0.15, 0.2) is 0 Å². The van der Waals surface area contributed by atoms with Gasteiger partial charge in [-0.25, -0.2) is 0 Å². The number of hydrogen-bond donors (Lipinski definition) is 1. The molecule has 1 N–H and O–H groups in total. The molecule has 1 unspecified atom stereocenters. The van der Waals surface area contributed by atoms with E-state index in [1.165, 1.54) is 0 Å². The molecule has 0 radical (unpaired) electrons. The highest BCUT2D eigenvalue weighted by atomic mass is 16.5. The van der Waals surface area contributed by atoms with Crippen LogP contribution in [0.5, 0.6) is 0 Å². The third-order valence-corrected chi connectivity index (χ3v) is 5.58. The van der Waals surface area contributed by atoms with E-state index in [2.05, 4.69) is 5.32 Å². The average molecular weight is 443 g/mol. The Bertz CT molecular complexity index is 1130. The zero-order valence-electron chi connectivity index (χ0n) is 18.5. The summed E-state index contributed by atoms with van der Waals surface area (Å²) in [5, 5.41) is 2.83. The van der Waals surface area contributed by atoms with Gasteiger partial charge in [0.2, 0.25) is 12.0 Å². The van der Waals surface area contributed by atoms with E-state index in [0.29, 0.717) is 17.7 Å². The molecule has 0 aliphatic carbocycles. The first-order valence-electron chi connectivity index (χ1n) is 11.0. The van der Waals surface area contributed by atoms with Crippen molar-refractivity contribution in [3.63, 3.8) is 0 Å². The van der Waals surface area contributed by atoms with E-state index in [9.17, 15) is 14.4 Å². The van der Waals surface area contributed by atoms with Gasteiger partial charge in [0, 0.05) is 29.9 Å². The van der Waals surface area contributed by atoms with Gasteiger partial charge in [-0.2, -0.15) is 0 Å². The summed E-state index contributed by atoms with van der Waals surface area (Å²) >= 11 is 0. The van der Waals surface area contributed by atoms with Crippen LogP contribution in [0.1, 0.15) is 35.6 Å². The Morgan fingerprint density at radius 3 is 2.30 bits per heavy atom. The van der Waals surface area contributed by atoms with Gasteiger partial charge in [0.1, 0.15) is 0 Å². The lowest BCUT2D eigenvalue weighted by Gasteiger charge is -2.19. The largest absolute Gasteiger partial charge is 0.447 e. The van der Waals surface area contributed by atoms with Gasteiger partial charge in [-0.3, -0.25) is 14.4 Å². The predicted octanol–water partition coefficient (Wildman–Crippen LogP) is 4.59. The number of nitrogens with one attached hydrogen (secondary N) is 1. The van der Waals surface area contributed by atoms with E-state index < -0.39 is 18.0 Å². The molecule has 0 aromatic heterocycles. The van der Waals surface area contributed by atoms with E-state index in [1.54, 1.807) is 29.2 Å². The second kappa shape index (κ2) is 10.1. The fraction of sp³-hybridized carbons (Fsp3) is 0.222. The van der Waals surface area contributed by atoms with Crippen LogP contribution < -0.4 is 10.2 Å². The van der Waals surface area contributed by atoms with Gasteiger partial charge in [0.25, 0.3) is 5.91 Å². The molecule has 1 aliphatic heterocycles. The SMILES string of the molecule is Cc1ccc(NC(=O)C(OC(=O)Cc2ccc(N3CCCC3=O)cc2)c2ccccc2)cc1. The van der Waals surface area contributed by atoms with Crippen LogP contribution >= 0.6 is 0 Å². The molecule has 1 saturated heterocycles. The summed E-state index contributed by atoms with van der Waals surface area (Å²) in [5.74, 6) is -0.804. The minimum Gasteiger partial charge on any atom is -0.447 e. The Morgan fingerprint density at radius 2 is 1.67 bits per heavy atom. The number of benzene rings is 3. The molecule has 2 amide bonds. The Morgan fingerprint density at radius 1 is 0.970 bits per heavy atom. The van der Waals surface area contributed by atoms with Gasteiger partial charge in [0.05, 0.1) is 6.42 Å². The lowest BCUT2D eigenvalue weighted by molar-refractivity contribution is -0.154. The number of carbonyl (C=O) groups is 3. The van der Waals surface area contributed by atoms with Crippen LogP contribution in [0.2, 0.25) is 0 Å². The van der Waals surface area contributed by atoms with Crippen LogP contribution in [-0.4, -0.2) is 24.3 Å². The quantitative estimate of drug-likeness (QED) is 0.543. The normalized spacial score (nSPS) is 14.1. The van der Waals surface area contributed by atoms with Crippen molar-refractivity contribution >= 4 is 29.2 Å². The van der Waals surface area contributed by atoms with Crippen LogP contribution in [0, 0.1) is 6.92 Å². The van der Waals surface area contributed by atoms with Crippen molar-refractivity contribution in [2.75, 3.05) is 16.8 Å². The zero-order valence-corrected chi connectivity index (χ0v) is 18.5. The molecule has 168 valence electrons. The number of aryl methyl sites for hydroxylation is 1. The second-order valence-electron chi connectivity index (χ2n) is 8.13. The fourth-order valence-corrected chi connectivity index (χ4v) is 3.80. The molecule has 33 heavy (non-hydrogen) atoms. The molecule has 6 heteroatoms. The molecular formula is C27H26N2O4. The Balaban J connectivity index is 1.44. The molecule has 1 fully saturated rings. The summed E-state index contributed by atoms with van der Waals surface area (Å²) in [5.41, 5.74) is 3.89. The maximum Gasteiger partial charge on any atom is 0.311 e. The van der Waals surface area contributed by atoms with Crippen molar-refractivity contribution in [3.8, 4) is 0 Å². The lowest BCUT2D eigenvalue weighted by Crippen LogP contribution is -2.26. The third-order valence-electron chi connectivity index (χ3n) is 5.58. The molecule has 1 heterocycles. The minimum atomic E-state index is -1.07. The first-order valence-corrected chi connectivity index (χ1v) is 11.0. The van der Waals surface area contributed by atoms with Crippen LogP contribution in [0.25, 0.3) is 0 Å². The molecule has 4 rings (SSSR count). The molecule has 6 nitrogen and oxygen atoms in total. The molecule has 0 saturated carbocycles. The summed E-state index contributed by atoms with van der Waals surface area (Å²) in [7, 11) is 0. The van der Waals surface area contributed by atoms with Crippen LogP contribution in [0.4, 0.5) is 11.4 Å². The number of carbonyl (C=O) groups excluding carboxylic acids is 3. The summed E-state index contributed by atoms with van der Waals surface area (Å²) < 4.78 is 5.63. The Kier molecular flexibility index (Phi) is 6.83. The van der Waals surface area contributed by atoms with Gasteiger partial charge < -0.3 is 15.0 Å². The van der Waals surface area contributed by atoms with Crippen LogP contribution in [0.15, 0.2) is 78.9 Å². The zero-order chi connectivity index (χ0) is 23.2. The molecule has 1 aliphatic rings. The average Bonchev–Trinajstić information content (AvgIpc) is 3.26. The standard InChI is InChI=1S/C27H26N2O4/c1-19-9-13-22(14-10-19)28-27(32)26(21-6-3-2-4-7-21)33-25(31)18-20-11-15-23(16-12-20)29-17-5-8-24(29)30/h2-4,6-7,9-16,26H,5,8,17-18H2,1H3,(H,28,32). The first-order chi connectivity index (χ1) is 16.0. The van der Waals surface area contributed by atoms with E-state index in [0.717, 1.165) is 29.8 Å². The van der Waals surface area contributed by atoms with Gasteiger partial charge >= 0.3 is 5.97 Å². The Labute approximate surface area is 193 Å². The number of ether oxygens (including phenoxy) is 1. The van der Waals surface area contributed by atoms with Crippen molar-refractivity contribution in [1.29, 1.82) is 0 Å². The number of rotatable bonds is 7. The highest BCUT2D eigenvalue weighted by molar-refractivity contribution is 5.96. The smallest absolute Gasteiger partial charge is 0.311 e. The molecular weight excluding hydrogens is 416 g/mol. The number of nitrogens with zero attached hydrogens (tertiary/aromatic N) is 1. The number of esters is 1. The van der Waals surface area contributed by atoms with Gasteiger partial charge in [-0.05, 0) is 43.2 Å². The van der Waals surface area contributed by atoms with E-state index in [-0.39, 0.29) is 12.3 Å². The molecule has 3 aromatic carbocycles. The van der Waals surface area contributed by atoms with Gasteiger partial charge in [-0.1, -0.05) is 60.2 Å². The van der Waals surface area contributed by atoms with E-state index in [4.69, 9.17) is 4.74 Å². The fourth-order valence-electron chi connectivity index (χ4n) is 3.80. The topological polar surface area (TPSA) is 75.7 Å². The van der Waals surface area contributed by atoms with E-state index in [1.807, 2.05) is 61.5 Å². The maximum absolute atomic E-state index is 13.0. The summed E-state index contributed by atoms with van der Waals surface area (Å²) in [4.78, 5) is 39.4. The first kappa shape index (κ1) is 22.3. The summed E-state index contributed by atoms with van der Waals surface area (Å²) in [6.07, 6.45) is 0.384. The summed E-state index contributed by atoms with van der Waals surface area (Å²) in [6.45, 7) is 2.69.